The molecule has 4 nitrogen and oxygen atoms in total. The SMILES string of the molecule is Cc1cc(Br)cc(C)c1NCCCC(C)(C)C(N)=NO. The van der Waals surface area contributed by atoms with Crippen LogP contribution in [0.5, 0.6) is 0 Å². The maximum atomic E-state index is 8.75. The first-order valence-corrected chi connectivity index (χ1v) is 7.56. The van der Waals surface area contributed by atoms with Crippen LogP contribution in [0.4, 0.5) is 5.69 Å². The summed E-state index contributed by atoms with van der Waals surface area (Å²) in [5, 5.41) is 15.3. The number of halogens is 1. The van der Waals surface area contributed by atoms with Gasteiger partial charge in [-0.15, -0.1) is 0 Å². The Kier molecular flexibility index (Phi) is 5.87. The summed E-state index contributed by atoms with van der Waals surface area (Å²) in [7, 11) is 0. The van der Waals surface area contributed by atoms with Crippen LogP contribution in [0.2, 0.25) is 0 Å². The van der Waals surface area contributed by atoms with Crippen molar-refractivity contribution in [3.05, 3.63) is 27.7 Å². The second kappa shape index (κ2) is 6.97. The lowest BCUT2D eigenvalue weighted by molar-refractivity contribution is 0.305. The number of nitrogens with one attached hydrogen (secondary N) is 1. The predicted octanol–water partition coefficient (Wildman–Crippen LogP) is 4.03. The number of benzene rings is 1. The average molecular weight is 342 g/mol. The molecule has 0 bridgehead atoms. The van der Waals surface area contributed by atoms with Crippen molar-refractivity contribution in [2.75, 3.05) is 11.9 Å². The average Bonchev–Trinajstić information content (AvgIpc) is 2.35. The zero-order valence-corrected chi connectivity index (χ0v) is 14.2. The summed E-state index contributed by atoms with van der Waals surface area (Å²) in [6.45, 7) is 9.03. The molecule has 0 aliphatic heterocycles. The first kappa shape index (κ1) is 16.8. The molecule has 0 saturated carbocycles. The maximum absolute atomic E-state index is 8.75. The highest BCUT2D eigenvalue weighted by Crippen LogP contribution is 2.26. The Balaban J connectivity index is 2.54. The van der Waals surface area contributed by atoms with Crippen molar-refractivity contribution < 1.29 is 5.21 Å². The van der Waals surface area contributed by atoms with Crippen molar-refractivity contribution in [1.29, 1.82) is 0 Å². The molecular formula is C15H24BrN3O. The van der Waals surface area contributed by atoms with E-state index in [-0.39, 0.29) is 11.3 Å². The van der Waals surface area contributed by atoms with E-state index in [9.17, 15) is 0 Å². The number of rotatable bonds is 6. The summed E-state index contributed by atoms with van der Waals surface area (Å²) in [5.41, 5.74) is 9.05. The summed E-state index contributed by atoms with van der Waals surface area (Å²) in [6, 6.07) is 4.21. The molecule has 112 valence electrons. The van der Waals surface area contributed by atoms with Gasteiger partial charge in [0.25, 0.3) is 0 Å². The van der Waals surface area contributed by atoms with Crippen molar-refractivity contribution in [1.82, 2.24) is 0 Å². The van der Waals surface area contributed by atoms with Gasteiger partial charge in [-0.05, 0) is 49.9 Å². The molecule has 0 heterocycles. The van der Waals surface area contributed by atoms with Crippen LogP contribution in [0.3, 0.4) is 0 Å². The van der Waals surface area contributed by atoms with E-state index in [1.807, 2.05) is 13.8 Å². The first-order valence-electron chi connectivity index (χ1n) is 6.76. The number of aryl methyl sites for hydroxylation is 2. The molecule has 0 amide bonds. The van der Waals surface area contributed by atoms with E-state index in [1.165, 1.54) is 16.8 Å². The van der Waals surface area contributed by atoms with E-state index in [2.05, 4.69) is 52.4 Å². The van der Waals surface area contributed by atoms with Crippen LogP contribution in [0.25, 0.3) is 0 Å². The first-order chi connectivity index (χ1) is 9.27. The number of amidine groups is 1. The molecule has 0 radical (unpaired) electrons. The Morgan fingerprint density at radius 2 is 1.90 bits per heavy atom. The molecule has 1 aromatic rings. The topological polar surface area (TPSA) is 70.6 Å². The number of nitrogens with two attached hydrogens (primary N) is 1. The van der Waals surface area contributed by atoms with Crippen molar-refractivity contribution in [3.8, 4) is 0 Å². The summed E-state index contributed by atoms with van der Waals surface area (Å²) in [4.78, 5) is 0. The van der Waals surface area contributed by atoms with E-state index >= 15 is 0 Å². The molecule has 0 atom stereocenters. The Morgan fingerprint density at radius 1 is 1.35 bits per heavy atom. The van der Waals surface area contributed by atoms with Gasteiger partial charge < -0.3 is 16.3 Å². The van der Waals surface area contributed by atoms with Gasteiger partial charge in [-0.2, -0.15) is 0 Å². The molecule has 5 heteroatoms. The molecule has 0 fully saturated rings. The van der Waals surface area contributed by atoms with E-state index in [1.54, 1.807) is 0 Å². The molecule has 20 heavy (non-hydrogen) atoms. The number of anilines is 1. The highest BCUT2D eigenvalue weighted by molar-refractivity contribution is 9.10. The summed E-state index contributed by atoms with van der Waals surface area (Å²) < 4.78 is 1.10. The van der Waals surface area contributed by atoms with E-state index < -0.39 is 0 Å². The fourth-order valence-electron chi connectivity index (χ4n) is 2.20. The lowest BCUT2D eigenvalue weighted by Gasteiger charge is -2.23. The van der Waals surface area contributed by atoms with Crippen LogP contribution < -0.4 is 11.1 Å². The third kappa shape index (κ3) is 4.40. The minimum Gasteiger partial charge on any atom is -0.409 e. The molecular weight excluding hydrogens is 318 g/mol. The van der Waals surface area contributed by atoms with Gasteiger partial charge in [-0.1, -0.05) is 34.9 Å². The lowest BCUT2D eigenvalue weighted by Crippen LogP contribution is -2.32. The minimum atomic E-state index is -0.278. The highest BCUT2D eigenvalue weighted by atomic mass is 79.9. The lowest BCUT2D eigenvalue weighted by atomic mass is 9.86. The van der Waals surface area contributed by atoms with Crippen molar-refractivity contribution in [3.63, 3.8) is 0 Å². The van der Waals surface area contributed by atoms with E-state index in [4.69, 9.17) is 10.9 Å². The molecule has 0 saturated heterocycles. The highest BCUT2D eigenvalue weighted by Gasteiger charge is 2.22. The Hall–Kier alpha value is -1.23. The van der Waals surface area contributed by atoms with Crippen LogP contribution in [0.1, 0.15) is 37.8 Å². The van der Waals surface area contributed by atoms with Crippen molar-refractivity contribution in [2.45, 2.75) is 40.5 Å². The second-order valence-corrected chi connectivity index (χ2v) is 6.73. The second-order valence-electron chi connectivity index (χ2n) is 5.81. The third-order valence-electron chi connectivity index (χ3n) is 3.58. The molecule has 0 aromatic heterocycles. The molecule has 4 N–H and O–H groups in total. The summed E-state index contributed by atoms with van der Waals surface area (Å²) in [5.74, 6) is 0.286. The van der Waals surface area contributed by atoms with Gasteiger partial charge in [0, 0.05) is 22.1 Å². The van der Waals surface area contributed by atoms with E-state index in [0.717, 1.165) is 23.9 Å². The van der Waals surface area contributed by atoms with Gasteiger partial charge in [0.15, 0.2) is 0 Å². The standard InChI is InChI=1S/C15H24BrN3O/c1-10-8-12(16)9-11(2)13(10)18-7-5-6-15(3,4)14(17)19-20/h8-9,18,20H,5-7H2,1-4H3,(H2,17,19). The quantitative estimate of drug-likeness (QED) is 0.240. The normalized spacial score (nSPS) is 12.6. The molecule has 0 aliphatic carbocycles. The van der Waals surface area contributed by atoms with Gasteiger partial charge in [0.1, 0.15) is 5.84 Å². The van der Waals surface area contributed by atoms with Gasteiger partial charge in [0.05, 0.1) is 0 Å². The van der Waals surface area contributed by atoms with Crippen LogP contribution in [0, 0.1) is 19.3 Å². The minimum absolute atomic E-state index is 0.278. The summed E-state index contributed by atoms with van der Waals surface area (Å²) in [6.07, 6.45) is 1.82. The fraction of sp³-hybridized carbons (Fsp3) is 0.533. The van der Waals surface area contributed by atoms with E-state index in [0.29, 0.717) is 0 Å². The zero-order chi connectivity index (χ0) is 15.3. The van der Waals surface area contributed by atoms with Crippen molar-refractivity contribution >= 4 is 27.5 Å². The smallest absolute Gasteiger partial charge is 0.144 e. The summed E-state index contributed by atoms with van der Waals surface area (Å²) >= 11 is 3.50. The predicted molar refractivity (Wildman–Crippen MR) is 88.5 cm³/mol. The molecule has 1 rings (SSSR count). The zero-order valence-electron chi connectivity index (χ0n) is 12.6. The number of hydrogen-bond acceptors (Lipinski definition) is 3. The van der Waals surface area contributed by atoms with Crippen LogP contribution >= 0.6 is 15.9 Å². The molecule has 0 spiro atoms. The number of hydrogen-bond donors (Lipinski definition) is 3. The van der Waals surface area contributed by atoms with Gasteiger partial charge >= 0.3 is 0 Å². The van der Waals surface area contributed by atoms with Gasteiger partial charge in [-0.3, -0.25) is 0 Å². The monoisotopic (exact) mass is 341 g/mol. The van der Waals surface area contributed by atoms with Crippen molar-refractivity contribution in [2.24, 2.45) is 16.3 Å². The van der Waals surface area contributed by atoms with Crippen LogP contribution in [-0.4, -0.2) is 17.6 Å². The Labute approximate surface area is 129 Å². The van der Waals surface area contributed by atoms with Crippen LogP contribution in [-0.2, 0) is 0 Å². The largest absolute Gasteiger partial charge is 0.409 e. The number of nitrogens with zero attached hydrogens (tertiary/aromatic N) is 1. The molecule has 0 unspecified atom stereocenters. The van der Waals surface area contributed by atoms with Gasteiger partial charge in [0.2, 0.25) is 0 Å². The maximum Gasteiger partial charge on any atom is 0.144 e. The van der Waals surface area contributed by atoms with Crippen LogP contribution in [0.15, 0.2) is 21.8 Å². The molecule has 0 aliphatic rings. The Bertz CT molecular complexity index is 475. The Morgan fingerprint density at radius 3 is 2.40 bits per heavy atom. The third-order valence-corrected chi connectivity index (χ3v) is 4.04. The fourth-order valence-corrected chi connectivity index (χ4v) is 2.88. The molecule has 1 aromatic carbocycles. The number of oxime groups is 1. The van der Waals surface area contributed by atoms with Gasteiger partial charge in [-0.25, -0.2) is 0 Å².